The molecule has 0 radical (unpaired) electrons. The van der Waals surface area contributed by atoms with Crippen LogP contribution < -0.4 is 10.6 Å². The van der Waals surface area contributed by atoms with Crippen LogP contribution in [0.2, 0.25) is 0 Å². The minimum atomic E-state index is -0.560. The molecule has 0 aliphatic heterocycles. The molecule has 27 heavy (non-hydrogen) atoms. The summed E-state index contributed by atoms with van der Waals surface area (Å²) in [6, 6.07) is 5.98. The summed E-state index contributed by atoms with van der Waals surface area (Å²) >= 11 is 1.16. The minimum Gasteiger partial charge on any atom is -0.335 e. The van der Waals surface area contributed by atoms with Gasteiger partial charge in [-0.15, -0.1) is 10.2 Å². The number of benzene rings is 1. The fraction of sp³-hybridized carbons (Fsp3) is 0.444. The van der Waals surface area contributed by atoms with Gasteiger partial charge >= 0.3 is 6.03 Å². The monoisotopic (exact) mass is 391 g/mol. The van der Waals surface area contributed by atoms with Gasteiger partial charge in [-0.25, -0.2) is 9.18 Å². The van der Waals surface area contributed by atoms with Crippen molar-refractivity contribution in [1.82, 2.24) is 25.4 Å². The van der Waals surface area contributed by atoms with Crippen molar-refractivity contribution in [1.29, 1.82) is 0 Å². The Bertz CT molecular complexity index is 835. The molecule has 0 bridgehead atoms. The molecule has 1 aromatic carbocycles. The lowest BCUT2D eigenvalue weighted by Crippen LogP contribution is -2.45. The van der Waals surface area contributed by atoms with Crippen LogP contribution in [0, 0.1) is 5.82 Å². The van der Waals surface area contributed by atoms with E-state index in [4.69, 9.17) is 0 Å². The van der Waals surface area contributed by atoms with Crippen molar-refractivity contribution in [3.8, 4) is 11.4 Å². The Hall–Kier alpha value is -2.42. The van der Waals surface area contributed by atoms with Crippen molar-refractivity contribution in [2.24, 2.45) is 7.05 Å². The Balaban J connectivity index is 1.60. The Morgan fingerprint density at radius 2 is 1.96 bits per heavy atom. The van der Waals surface area contributed by atoms with Crippen molar-refractivity contribution in [3.63, 3.8) is 0 Å². The molecule has 1 saturated carbocycles. The molecule has 0 spiro atoms. The molecule has 0 saturated heterocycles. The molecule has 9 heteroatoms. The summed E-state index contributed by atoms with van der Waals surface area (Å²) in [5.41, 5.74) is 0.340. The van der Waals surface area contributed by atoms with Crippen LogP contribution in [0.15, 0.2) is 29.4 Å². The number of thioether (sulfide) groups is 1. The summed E-state index contributed by atoms with van der Waals surface area (Å²) in [4.78, 5) is 24.2. The molecule has 2 N–H and O–H groups in total. The predicted molar refractivity (Wildman–Crippen MR) is 101 cm³/mol. The number of urea groups is 1. The first-order chi connectivity index (χ1) is 13.0. The lowest BCUT2D eigenvalue weighted by molar-refractivity contribution is -0.119. The molecule has 7 nitrogen and oxygen atoms in total. The third-order valence-electron chi connectivity index (χ3n) is 4.53. The maximum absolute atomic E-state index is 14.0. The maximum atomic E-state index is 14.0. The molecule has 144 valence electrons. The molecular formula is C18H22FN5O2S. The Labute approximate surface area is 161 Å². The predicted octanol–water partition coefficient (Wildman–Crippen LogP) is 2.87. The number of rotatable bonds is 5. The lowest BCUT2D eigenvalue weighted by atomic mass is 10.2. The van der Waals surface area contributed by atoms with Gasteiger partial charge in [0.2, 0.25) is 5.91 Å². The summed E-state index contributed by atoms with van der Waals surface area (Å²) < 4.78 is 15.6. The van der Waals surface area contributed by atoms with Crippen LogP contribution in [0.1, 0.15) is 32.6 Å². The summed E-state index contributed by atoms with van der Waals surface area (Å²) in [6.07, 6.45) is 4.09. The highest BCUT2D eigenvalue weighted by Gasteiger charge is 2.23. The van der Waals surface area contributed by atoms with E-state index >= 15 is 0 Å². The molecule has 3 rings (SSSR count). The molecule has 1 aromatic heterocycles. The van der Waals surface area contributed by atoms with Gasteiger partial charge in [-0.05, 0) is 31.9 Å². The summed E-state index contributed by atoms with van der Waals surface area (Å²) in [5, 5.41) is 13.2. The minimum absolute atomic E-state index is 0.142. The number of carbonyl (C=O) groups is 2. The smallest absolute Gasteiger partial charge is 0.321 e. The first-order valence-corrected chi connectivity index (χ1v) is 9.76. The number of halogens is 1. The number of aromatic nitrogens is 3. The van der Waals surface area contributed by atoms with Crippen LogP contribution in [0.5, 0.6) is 0 Å². The average molecular weight is 391 g/mol. The van der Waals surface area contributed by atoms with E-state index in [2.05, 4.69) is 20.8 Å². The largest absolute Gasteiger partial charge is 0.335 e. The van der Waals surface area contributed by atoms with E-state index < -0.39 is 17.2 Å². The second-order valence-corrected chi connectivity index (χ2v) is 7.86. The second kappa shape index (κ2) is 8.51. The van der Waals surface area contributed by atoms with Gasteiger partial charge in [-0.1, -0.05) is 36.7 Å². The normalized spacial score (nSPS) is 15.5. The Kier molecular flexibility index (Phi) is 6.10. The zero-order chi connectivity index (χ0) is 19.4. The molecule has 1 heterocycles. The zero-order valence-corrected chi connectivity index (χ0v) is 16.1. The number of carbonyl (C=O) groups excluding carboxylic acids is 2. The molecule has 1 atom stereocenters. The molecule has 1 aliphatic rings. The van der Waals surface area contributed by atoms with Crippen molar-refractivity contribution in [3.05, 3.63) is 30.1 Å². The van der Waals surface area contributed by atoms with Gasteiger partial charge in [0.05, 0.1) is 10.8 Å². The van der Waals surface area contributed by atoms with Gasteiger partial charge in [0.15, 0.2) is 11.0 Å². The maximum Gasteiger partial charge on any atom is 0.321 e. The van der Waals surface area contributed by atoms with Crippen molar-refractivity contribution in [2.45, 2.75) is 49.1 Å². The van der Waals surface area contributed by atoms with Gasteiger partial charge < -0.3 is 9.88 Å². The Morgan fingerprint density at radius 3 is 2.67 bits per heavy atom. The first-order valence-electron chi connectivity index (χ1n) is 8.88. The molecule has 2 aromatic rings. The number of nitrogens with zero attached hydrogens (tertiary/aromatic N) is 3. The second-order valence-electron chi connectivity index (χ2n) is 6.55. The number of hydrogen-bond acceptors (Lipinski definition) is 5. The van der Waals surface area contributed by atoms with Crippen LogP contribution in [0.3, 0.4) is 0 Å². The molecule has 3 amide bonds. The van der Waals surface area contributed by atoms with E-state index in [-0.39, 0.29) is 11.9 Å². The standard InChI is InChI=1S/C18H22FN5O2S/c1-11(16(25)21-17(26)20-12-7-3-4-8-12)27-18-23-22-15(24(18)2)13-9-5-6-10-14(13)19/h5-6,9-12H,3-4,7-8H2,1-2H3,(H2,20,21,25,26)/t11-/m1/s1. The average Bonchev–Trinajstić information content (AvgIpc) is 3.26. The van der Waals surface area contributed by atoms with Gasteiger partial charge in [0.1, 0.15) is 5.82 Å². The summed E-state index contributed by atoms with van der Waals surface area (Å²) in [6.45, 7) is 1.68. The van der Waals surface area contributed by atoms with Crippen LogP contribution >= 0.6 is 11.8 Å². The molecule has 1 fully saturated rings. The van der Waals surface area contributed by atoms with Crippen LogP contribution in [-0.4, -0.2) is 38.0 Å². The van der Waals surface area contributed by atoms with Crippen molar-refractivity contribution in [2.75, 3.05) is 0 Å². The topological polar surface area (TPSA) is 88.9 Å². The third-order valence-corrected chi connectivity index (χ3v) is 5.66. The van der Waals surface area contributed by atoms with Crippen molar-refractivity contribution < 1.29 is 14.0 Å². The van der Waals surface area contributed by atoms with Gasteiger partial charge in [0.25, 0.3) is 0 Å². The first kappa shape index (κ1) is 19.3. The molecule has 1 aliphatic carbocycles. The number of amides is 3. The number of nitrogens with one attached hydrogen (secondary N) is 2. The summed E-state index contributed by atoms with van der Waals surface area (Å²) in [7, 11) is 1.71. The third kappa shape index (κ3) is 4.65. The van der Waals surface area contributed by atoms with E-state index in [9.17, 15) is 14.0 Å². The molecular weight excluding hydrogens is 369 g/mol. The van der Waals surface area contributed by atoms with E-state index in [0.29, 0.717) is 16.5 Å². The highest BCUT2D eigenvalue weighted by Crippen LogP contribution is 2.27. The number of hydrogen-bond donors (Lipinski definition) is 2. The zero-order valence-electron chi connectivity index (χ0n) is 15.2. The van der Waals surface area contributed by atoms with Crippen LogP contribution in [-0.2, 0) is 11.8 Å². The van der Waals surface area contributed by atoms with E-state index in [1.54, 1.807) is 36.7 Å². The lowest BCUT2D eigenvalue weighted by Gasteiger charge is -2.14. The SMILES string of the molecule is C[C@@H](Sc1nnc(-c2ccccc2F)n1C)C(=O)NC(=O)NC1CCCC1. The number of imide groups is 1. The van der Waals surface area contributed by atoms with E-state index in [1.807, 2.05) is 0 Å². The van der Waals surface area contributed by atoms with E-state index in [1.165, 1.54) is 6.07 Å². The van der Waals surface area contributed by atoms with E-state index in [0.717, 1.165) is 37.4 Å². The fourth-order valence-corrected chi connectivity index (χ4v) is 3.83. The quantitative estimate of drug-likeness (QED) is 0.765. The van der Waals surface area contributed by atoms with Crippen LogP contribution in [0.4, 0.5) is 9.18 Å². The van der Waals surface area contributed by atoms with Crippen LogP contribution in [0.25, 0.3) is 11.4 Å². The fourth-order valence-electron chi connectivity index (χ4n) is 3.01. The highest BCUT2D eigenvalue weighted by molar-refractivity contribution is 8.00. The Morgan fingerprint density at radius 1 is 1.26 bits per heavy atom. The van der Waals surface area contributed by atoms with Gasteiger partial charge in [0, 0.05) is 13.1 Å². The summed E-state index contributed by atoms with van der Waals surface area (Å²) in [5.74, 6) is -0.424. The molecule has 0 unspecified atom stereocenters. The van der Waals surface area contributed by atoms with Gasteiger partial charge in [-0.3, -0.25) is 10.1 Å². The van der Waals surface area contributed by atoms with Gasteiger partial charge in [-0.2, -0.15) is 0 Å². The van der Waals surface area contributed by atoms with Crippen molar-refractivity contribution >= 4 is 23.7 Å². The highest BCUT2D eigenvalue weighted by atomic mass is 32.2.